The summed E-state index contributed by atoms with van der Waals surface area (Å²) in [6.45, 7) is 4.39. The van der Waals surface area contributed by atoms with Crippen LogP contribution in [0.4, 0.5) is 5.95 Å². The van der Waals surface area contributed by atoms with Crippen molar-refractivity contribution < 1.29 is 4.74 Å². The largest absolute Gasteiger partial charge is 0.467 e. The molecule has 1 heterocycles. The number of hydrogen-bond acceptors (Lipinski definition) is 6. The number of methoxy groups -OCH3 is 1. The van der Waals surface area contributed by atoms with Gasteiger partial charge in [0.05, 0.1) is 7.11 Å². The lowest BCUT2D eigenvalue weighted by atomic mass is 10.2. The molecular weight excluding hydrogens is 224 g/mol. The molecule has 1 aromatic rings. The van der Waals surface area contributed by atoms with E-state index >= 15 is 0 Å². The molecule has 0 aliphatic rings. The normalized spacial score (nSPS) is 12.2. The number of anilines is 1. The second-order valence-electron chi connectivity index (χ2n) is 3.50. The maximum Gasteiger partial charge on any atom is 0.321 e. The first kappa shape index (κ1) is 13.0. The van der Waals surface area contributed by atoms with Gasteiger partial charge in [0.1, 0.15) is 0 Å². The molecule has 6 heteroatoms. The van der Waals surface area contributed by atoms with Crippen molar-refractivity contribution in [1.29, 1.82) is 0 Å². The maximum absolute atomic E-state index is 5.01. The van der Waals surface area contributed by atoms with Crippen LogP contribution in [0, 0.1) is 5.92 Å². The van der Waals surface area contributed by atoms with Gasteiger partial charge in [-0.2, -0.15) is 15.0 Å². The Bertz CT molecular complexity index is 312. The highest BCUT2D eigenvalue weighted by molar-refractivity contribution is 7.99. The molecule has 1 aromatic heterocycles. The van der Waals surface area contributed by atoms with Crippen LogP contribution < -0.4 is 10.1 Å². The molecule has 1 atom stereocenters. The summed E-state index contributed by atoms with van der Waals surface area (Å²) in [4.78, 5) is 12.5. The summed E-state index contributed by atoms with van der Waals surface area (Å²) in [5, 5.41) is 3.59. The SMILES string of the molecule is CCC(C)CSc1nc(NC)nc(OC)n1. The molecule has 0 fully saturated rings. The van der Waals surface area contributed by atoms with Crippen molar-refractivity contribution in [1.82, 2.24) is 15.0 Å². The van der Waals surface area contributed by atoms with Crippen LogP contribution in [-0.4, -0.2) is 34.9 Å². The van der Waals surface area contributed by atoms with Gasteiger partial charge in [-0.1, -0.05) is 32.0 Å². The van der Waals surface area contributed by atoms with Gasteiger partial charge >= 0.3 is 6.01 Å². The van der Waals surface area contributed by atoms with Gasteiger partial charge < -0.3 is 10.1 Å². The number of rotatable bonds is 6. The zero-order valence-corrected chi connectivity index (χ0v) is 11.0. The zero-order chi connectivity index (χ0) is 12.0. The van der Waals surface area contributed by atoms with Crippen LogP contribution in [-0.2, 0) is 0 Å². The minimum absolute atomic E-state index is 0.353. The molecular formula is C10H18N4OS. The second kappa shape index (κ2) is 6.52. The van der Waals surface area contributed by atoms with Crippen molar-refractivity contribution in [3.8, 4) is 6.01 Å². The molecule has 1 unspecified atom stereocenters. The van der Waals surface area contributed by atoms with Crippen LogP contribution in [0.1, 0.15) is 20.3 Å². The van der Waals surface area contributed by atoms with E-state index in [1.807, 2.05) is 0 Å². The van der Waals surface area contributed by atoms with Gasteiger partial charge in [0, 0.05) is 12.8 Å². The third-order valence-electron chi connectivity index (χ3n) is 2.19. The first-order chi connectivity index (χ1) is 7.69. The molecule has 1 rings (SSSR count). The molecule has 0 saturated carbocycles. The first-order valence-corrected chi connectivity index (χ1v) is 6.28. The summed E-state index contributed by atoms with van der Waals surface area (Å²) in [6, 6.07) is 0.353. The van der Waals surface area contributed by atoms with E-state index in [0.29, 0.717) is 23.0 Å². The molecule has 16 heavy (non-hydrogen) atoms. The van der Waals surface area contributed by atoms with Gasteiger partial charge in [-0.15, -0.1) is 0 Å². The van der Waals surface area contributed by atoms with E-state index < -0.39 is 0 Å². The van der Waals surface area contributed by atoms with Crippen molar-refractivity contribution in [2.75, 3.05) is 25.2 Å². The van der Waals surface area contributed by atoms with Crippen molar-refractivity contribution >= 4 is 17.7 Å². The molecule has 0 aliphatic heterocycles. The number of nitrogens with zero attached hydrogens (tertiary/aromatic N) is 3. The quantitative estimate of drug-likeness (QED) is 0.770. The average molecular weight is 242 g/mol. The molecule has 0 amide bonds. The van der Waals surface area contributed by atoms with Crippen molar-refractivity contribution in [3.05, 3.63) is 0 Å². The number of aromatic nitrogens is 3. The van der Waals surface area contributed by atoms with Crippen molar-refractivity contribution in [3.63, 3.8) is 0 Å². The highest BCUT2D eigenvalue weighted by Gasteiger charge is 2.07. The Morgan fingerprint density at radius 3 is 2.69 bits per heavy atom. The lowest BCUT2D eigenvalue weighted by Gasteiger charge is -2.08. The fourth-order valence-electron chi connectivity index (χ4n) is 0.940. The van der Waals surface area contributed by atoms with Crippen LogP contribution >= 0.6 is 11.8 Å². The van der Waals surface area contributed by atoms with E-state index in [4.69, 9.17) is 4.74 Å². The Labute approximate surface area is 100 Å². The fourth-order valence-corrected chi connectivity index (χ4v) is 1.90. The van der Waals surface area contributed by atoms with Crippen LogP contribution in [0.2, 0.25) is 0 Å². The highest BCUT2D eigenvalue weighted by Crippen LogP contribution is 2.20. The van der Waals surface area contributed by atoms with Crippen molar-refractivity contribution in [2.24, 2.45) is 5.92 Å². The Morgan fingerprint density at radius 1 is 1.38 bits per heavy atom. The summed E-state index contributed by atoms with van der Waals surface area (Å²) < 4.78 is 5.01. The van der Waals surface area contributed by atoms with Gasteiger partial charge in [-0.05, 0) is 5.92 Å². The molecule has 0 bridgehead atoms. The van der Waals surface area contributed by atoms with Crippen LogP contribution in [0.5, 0.6) is 6.01 Å². The summed E-state index contributed by atoms with van der Waals surface area (Å²) in [5.41, 5.74) is 0. The van der Waals surface area contributed by atoms with Gasteiger partial charge in [-0.25, -0.2) is 0 Å². The molecule has 0 saturated heterocycles. The number of thioether (sulfide) groups is 1. The molecule has 5 nitrogen and oxygen atoms in total. The standard InChI is InChI=1S/C10H18N4OS/c1-5-7(2)6-16-10-13-8(11-3)12-9(14-10)15-4/h7H,5-6H2,1-4H3,(H,11,12,13,14). The van der Waals surface area contributed by atoms with Gasteiger partial charge in [0.25, 0.3) is 0 Å². The molecule has 0 spiro atoms. The van der Waals surface area contributed by atoms with Crippen LogP contribution in [0.15, 0.2) is 5.16 Å². The molecule has 90 valence electrons. The highest BCUT2D eigenvalue weighted by atomic mass is 32.2. The zero-order valence-electron chi connectivity index (χ0n) is 10.1. The number of ether oxygens (including phenoxy) is 1. The van der Waals surface area contributed by atoms with E-state index in [2.05, 4.69) is 34.1 Å². The minimum atomic E-state index is 0.353. The van der Waals surface area contributed by atoms with E-state index in [1.165, 1.54) is 0 Å². The average Bonchev–Trinajstić information content (AvgIpc) is 2.35. The second-order valence-corrected chi connectivity index (χ2v) is 4.49. The summed E-state index contributed by atoms with van der Waals surface area (Å²) >= 11 is 1.63. The van der Waals surface area contributed by atoms with Gasteiger partial charge in [0.2, 0.25) is 5.95 Å². The number of nitrogens with one attached hydrogen (secondary N) is 1. The smallest absolute Gasteiger partial charge is 0.321 e. The Hall–Kier alpha value is -1.04. The van der Waals surface area contributed by atoms with Gasteiger partial charge in [0.15, 0.2) is 5.16 Å². The first-order valence-electron chi connectivity index (χ1n) is 5.30. The lowest BCUT2D eigenvalue weighted by Crippen LogP contribution is -2.04. The lowest BCUT2D eigenvalue weighted by molar-refractivity contribution is 0.373. The van der Waals surface area contributed by atoms with Crippen LogP contribution in [0.25, 0.3) is 0 Å². The van der Waals surface area contributed by atoms with E-state index in [0.717, 1.165) is 12.2 Å². The monoisotopic (exact) mass is 242 g/mol. The Balaban J connectivity index is 2.71. The third kappa shape index (κ3) is 3.84. The van der Waals surface area contributed by atoms with Gasteiger partial charge in [-0.3, -0.25) is 0 Å². The fraction of sp³-hybridized carbons (Fsp3) is 0.700. The topological polar surface area (TPSA) is 59.9 Å². The molecule has 0 aromatic carbocycles. The Kier molecular flexibility index (Phi) is 5.31. The van der Waals surface area contributed by atoms with Crippen molar-refractivity contribution in [2.45, 2.75) is 25.4 Å². The Morgan fingerprint density at radius 2 is 2.12 bits per heavy atom. The minimum Gasteiger partial charge on any atom is -0.467 e. The molecule has 0 radical (unpaired) electrons. The number of hydrogen-bond donors (Lipinski definition) is 1. The predicted molar refractivity (Wildman–Crippen MR) is 66.1 cm³/mol. The van der Waals surface area contributed by atoms with E-state index in [9.17, 15) is 0 Å². The van der Waals surface area contributed by atoms with Crippen LogP contribution in [0.3, 0.4) is 0 Å². The molecule has 0 aliphatic carbocycles. The molecule has 1 N–H and O–H groups in total. The van der Waals surface area contributed by atoms with E-state index in [-0.39, 0.29) is 0 Å². The maximum atomic E-state index is 5.01. The predicted octanol–water partition coefficient (Wildman–Crippen LogP) is 2.06. The summed E-state index contributed by atoms with van der Waals surface area (Å²) in [6.07, 6.45) is 1.16. The summed E-state index contributed by atoms with van der Waals surface area (Å²) in [5.74, 6) is 2.21. The van der Waals surface area contributed by atoms with E-state index in [1.54, 1.807) is 25.9 Å². The third-order valence-corrected chi connectivity index (χ3v) is 3.37. The summed E-state index contributed by atoms with van der Waals surface area (Å²) in [7, 11) is 3.33.